The van der Waals surface area contributed by atoms with E-state index in [1.165, 1.54) is 0 Å². The fraction of sp³-hybridized carbons (Fsp3) is 1.00. The van der Waals surface area contributed by atoms with E-state index in [1.54, 1.807) is 0 Å². The van der Waals surface area contributed by atoms with Gasteiger partial charge < -0.3 is 4.90 Å². The summed E-state index contributed by atoms with van der Waals surface area (Å²) in [7, 11) is 0.908. The summed E-state index contributed by atoms with van der Waals surface area (Å²) in [5.74, 6) is 0.213. The molecule has 15 heavy (non-hydrogen) atoms. The van der Waals surface area contributed by atoms with Crippen LogP contribution in [0.15, 0.2) is 0 Å². The zero-order valence-electron chi connectivity index (χ0n) is 10.5. The van der Waals surface area contributed by atoms with Crippen LogP contribution >= 0.6 is 0 Å². The molecule has 0 rings (SSSR count). The molecule has 0 aliphatic rings. The highest BCUT2D eigenvalue weighted by molar-refractivity contribution is 7.89. The van der Waals surface area contributed by atoms with Crippen molar-refractivity contribution in [3.8, 4) is 0 Å². The Bertz CT molecular complexity index is 271. The summed E-state index contributed by atoms with van der Waals surface area (Å²) in [6, 6.07) is 0. The Morgan fingerprint density at radius 2 is 1.80 bits per heavy atom. The van der Waals surface area contributed by atoms with E-state index in [0.29, 0.717) is 13.0 Å². The van der Waals surface area contributed by atoms with Crippen molar-refractivity contribution in [2.24, 2.45) is 5.41 Å². The SMILES string of the molecule is CCCS(=O)(=O)NCC(C)(C)CN(C)C. The minimum Gasteiger partial charge on any atom is -0.309 e. The monoisotopic (exact) mass is 236 g/mol. The second-order valence-corrected chi connectivity index (χ2v) is 6.97. The van der Waals surface area contributed by atoms with Gasteiger partial charge in [-0.25, -0.2) is 13.1 Å². The highest BCUT2D eigenvalue weighted by Gasteiger charge is 2.21. The first-order valence-corrected chi connectivity index (χ1v) is 6.96. The Morgan fingerprint density at radius 3 is 2.20 bits per heavy atom. The van der Waals surface area contributed by atoms with Gasteiger partial charge in [-0.1, -0.05) is 20.8 Å². The van der Waals surface area contributed by atoms with Crippen molar-refractivity contribution in [2.75, 3.05) is 32.9 Å². The molecule has 0 aromatic carbocycles. The number of sulfonamides is 1. The number of nitrogens with one attached hydrogen (secondary N) is 1. The first-order valence-electron chi connectivity index (χ1n) is 5.30. The van der Waals surface area contributed by atoms with Crippen LogP contribution in [0.4, 0.5) is 0 Å². The third-order valence-corrected chi connectivity index (χ3v) is 3.52. The van der Waals surface area contributed by atoms with E-state index < -0.39 is 10.0 Å². The molecule has 0 fully saturated rings. The first-order chi connectivity index (χ1) is 6.68. The Morgan fingerprint density at radius 1 is 1.27 bits per heavy atom. The minimum atomic E-state index is -3.07. The van der Waals surface area contributed by atoms with Crippen molar-refractivity contribution in [3.63, 3.8) is 0 Å². The Balaban J connectivity index is 4.14. The van der Waals surface area contributed by atoms with Gasteiger partial charge >= 0.3 is 0 Å². The Kier molecular flexibility index (Phi) is 5.77. The molecule has 0 atom stereocenters. The quantitative estimate of drug-likeness (QED) is 0.714. The molecule has 0 radical (unpaired) electrons. The maximum atomic E-state index is 11.4. The molecule has 92 valence electrons. The van der Waals surface area contributed by atoms with E-state index in [9.17, 15) is 8.42 Å². The topological polar surface area (TPSA) is 49.4 Å². The van der Waals surface area contributed by atoms with Gasteiger partial charge in [0, 0.05) is 13.1 Å². The average Bonchev–Trinajstić information content (AvgIpc) is 1.99. The molecule has 0 amide bonds. The molecule has 0 heterocycles. The highest BCUT2D eigenvalue weighted by Crippen LogP contribution is 2.14. The van der Waals surface area contributed by atoms with Crippen LogP contribution < -0.4 is 4.72 Å². The van der Waals surface area contributed by atoms with E-state index in [4.69, 9.17) is 0 Å². The van der Waals surface area contributed by atoms with E-state index >= 15 is 0 Å². The second-order valence-electron chi connectivity index (χ2n) is 5.04. The predicted molar refractivity (Wildman–Crippen MR) is 64.4 cm³/mol. The summed E-state index contributed by atoms with van der Waals surface area (Å²) in [6.45, 7) is 7.34. The summed E-state index contributed by atoms with van der Waals surface area (Å²) in [5, 5.41) is 0. The smallest absolute Gasteiger partial charge is 0.211 e. The average molecular weight is 236 g/mol. The molecule has 0 aliphatic heterocycles. The van der Waals surface area contributed by atoms with Crippen molar-refractivity contribution in [1.82, 2.24) is 9.62 Å². The molecule has 1 N–H and O–H groups in total. The molecule has 0 aliphatic carbocycles. The van der Waals surface area contributed by atoms with Crippen molar-refractivity contribution in [2.45, 2.75) is 27.2 Å². The lowest BCUT2D eigenvalue weighted by Crippen LogP contribution is -2.40. The third-order valence-electron chi connectivity index (χ3n) is 1.99. The summed E-state index contributed by atoms with van der Waals surface area (Å²) >= 11 is 0. The van der Waals surface area contributed by atoms with Crippen LogP contribution in [0.1, 0.15) is 27.2 Å². The summed E-state index contributed by atoms with van der Waals surface area (Å²) in [5.41, 5.74) is -0.0374. The minimum absolute atomic E-state index is 0.0374. The summed E-state index contributed by atoms with van der Waals surface area (Å²) in [6.07, 6.45) is 0.656. The van der Waals surface area contributed by atoms with Crippen LogP contribution in [0.25, 0.3) is 0 Å². The standard InChI is InChI=1S/C10H24N2O2S/c1-6-7-15(13,14)11-8-10(2,3)9-12(4)5/h11H,6-9H2,1-5H3. The number of nitrogens with zero attached hydrogens (tertiary/aromatic N) is 1. The van der Waals surface area contributed by atoms with Crippen molar-refractivity contribution in [1.29, 1.82) is 0 Å². The fourth-order valence-electron chi connectivity index (χ4n) is 1.56. The predicted octanol–water partition coefficient (Wildman–Crippen LogP) is 0.904. The molecule has 0 spiro atoms. The van der Waals surface area contributed by atoms with Gasteiger partial charge in [0.05, 0.1) is 5.75 Å². The zero-order chi connectivity index (χ0) is 12.1. The van der Waals surface area contributed by atoms with E-state index in [2.05, 4.69) is 23.5 Å². The molecule has 0 bridgehead atoms. The van der Waals surface area contributed by atoms with Gasteiger partial charge in [-0.05, 0) is 25.9 Å². The normalized spacial score (nSPS) is 13.5. The van der Waals surface area contributed by atoms with Crippen molar-refractivity contribution >= 4 is 10.0 Å². The molecule has 0 aromatic rings. The number of rotatable bonds is 7. The van der Waals surface area contributed by atoms with E-state index in [1.807, 2.05) is 21.0 Å². The van der Waals surface area contributed by atoms with E-state index in [-0.39, 0.29) is 11.2 Å². The lowest BCUT2D eigenvalue weighted by atomic mass is 9.93. The van der Waals surface area contributed by atoms with Gasteiger partial charge in [-0.3, -0.25) is 0 Å². The van der Waals surface area contributed by atoms with Crippen molar-refractivity contribution in [3.05, 3.63) is 0 Å². The summed E-state index contributed by atoms with van der Waals surface area (Å²) in [4.78, 5) is 2.06. The van der Waals surface area contributed by atoms with Gasteiger partial charge in [-0.2, -0.15) is 0 Å². The molecule has 4 nitrogen and oxygen atoms in total. The molecule has 0 unspecified atom stereocenters. The molecule has 0 saturated heterocycles. The highest BCUT2D eigenvalue weighted by atomic mass is 32.2. The molecular weight excluding hydrogens is 212 g/mol. The molecular formula is C10H24N2O2S. The van der Waals surface area contributed by atoms with Gasteiger partial charge in [0.1, 0.15) is 0 Å². The lowest BCUT2D eigenvalue weighted by Gasteiger charge is -2.28. The lowest BCUT2D eigenvalue weighted by molar-refractivity contribution is 0.242. The number of hydrogen-bond donors (Lipinski definition) is 1. The van der Waals surface area contributed by atoms with Crippen LogP contribution in [0.3, 0.4) is 0 Å². The number of hydrogen-bond acceptors (Lipinski definition) is 3. The largest absolute Gasteiger partial charge is 0.309 e. The molecule has 5 heteroatoms. The Labute approximate surface area is 94.1 Å². The maximum absolute atomic E-state index is 11.4. The van der Waals surface area contributed by atoms with E-state index in [0.717, 1.165) is 6.54 Å². The van der Waals surface area contributed by atoms with Gasteiger partial charge in [0.25, 0.3) is 0 Å². The maximum Gasteiger partial charge on any atom is 0.211 e. The Hall–Kier alpha value is -0.130. The third kappa shape index (κ3) is 7.76. The first kappa shape index (κ1) is 14.9. The van der Waals surface area contributed by atoms with Crippen LogP contribution in [0.2, 0.25) is 0 Å². The zero-order valence-corrected chi connectivity index (χ0v) is 11.3. The van der Waals surface area contributed by atoms with Gasteiger partial charge in [0.15, 0.2) is 0 Å². The van der Waals surface area contributed by atoms with Crippen LogP contribution in [-0.4, -0.2) is 46.3 Å². The van der Waals surface area contributed by atoms with Crippen LogP contribution in [-0.2, 0) is 10.0 Å². The van der Waals surface area contributed by atoms with Gasteiger partial charge in [0.2, 0.25) is 10.0 Å². The molecule has 0 saturated carbocycles. The van der Waals surface area contributed by atoms with Gasteiger partial charge in [-0.15, -0.1) is 0 Å². The summed E-state index contributed by atoms with van der Waals surface area (Å²) < 4.78 is 25.5. The molecule has 0 aromatic heterocycles. The van der Waals surface area contributed by atoms with Crippen LogP contribution in [0, 0.1) is 5.41 Å². The van der Waals surface area contributed by atoms with Crippen molar-refractivity contribution < 1.29 is 8.42 Å². The fourth-order valence-corrected chi connectivity index (χ4v) is 2.85. The van der Waals surface area contributed by atoms with Crippen LogP contribution in [0.5, 0.6) is 0 Å². The second kappa shape index (κ2) is 5.82.